The van der Waals surface area contributed by atoms with Gasteiger partial charge in [0.1, 0.15) is 6.54 Å². The molecule has 0 bridgehead atoms. The SMILES string of the molecule is CCc1cccc(CC)c1NC(=O)C[NH+](CC)Cc1ccc(N(C)C)cc1. The van der Waals surface area contributed by atoms with Gasteiger partial charge in [0.05, 0.1) is 6.54 Å². The van der Waals surface area contributed by atoms with Gasteiger partial charge < -0.3 is 15.1 Å². The first kappa shape index (κ1) is 21.0. The van der Waals surface area contributed by atoms with Gasteiger partial charge in [0.15, 0.2) is 6.54 Å². The van der Waals surface area contributed by atoms with Crippen molar-refractivity contribution in [1.29, 1.82) is 0 Å². The molecule has 1 atom stereocenters. The Balaban J connectivity index is 2.03. The average molecular weight is 369 g/mol. The molecule has 0 radical (unpaired) electrons. The molecule has 0 fully saturated rings. The predicted molar refractivity (Wildman–Crippen MR) is 115 cm³/mol. The van der Waals surface area contributed by atoms with Gasteiger partial charge in [-0.15, -0.1) is 0 Å². The molecule has 0 saturated carbocycles. The quantitative estimate of drug-likeness (QED) is 0.714. The number of hydrogen-bond donors (Lipinski definition) is 2. The summed E-state index contributed by atoms with van der Waals surface area (Å²) in [4.78, 5) is 16.1. The van der Waals surface area contributed by atoms with E-state index in [0.717, 1.165) is 31.6 Å². The molecule has 0 heterocycles. The third-order valence-corrected chi connectivity index (χ3v) is 5.08. The Kier molecular flexibility index (Phi) is 7.86. The predicted octanol–water partition coefficient (Wildman–Crippen LogP) is 2.92. The number of nitrogens with one attached hydrogen (secondary N) is 2. The highest BCUT2D eigenvalue weighted by atomic mass is 16.2. The second kappa shape index (κ2) is 10.1. The number of likely N-dealkylation sites (N-methyl/N-ethyl adjacent to an activating group) is 1. The number of carbonyl (C=O) groups excluding carboxylic acids is 1. The molecule has 1 unspecified atom stereocenters. The van der Waals surface area contributed by atoms with Crippen molar-refractivity contribution in [2.75, 3.05) is 37.4 Å². The van der Waals surface area contributed by atoms with E-state index in [9.17, 15) is 4.79 Å². The van der Waals surface area contributed by atoms with Crippen LogP contribution in [-0.2, 0) is 24.2 Å². The molecular weight excluding hydrogens is 334 g/mol. The van der Waals surface area contributed by atoms with Crippen molar-refractivity contribution < 1.29 is 9.69 Å². The lowest BCUT2D eigenvalue weighted by atomic mass is 10.0. The summed E-state index contributed by atoms with van der Waals surface area (Å²) in [5.74, 6) is 0.0901. The van der Waals surface area contributed by atoms with Crippen molar-refractivity contribution in [3.05, 3.63) is 59.2 Å². The first-order valence-electron chi connectivity index (χ1n) is 9.98. The van der Waals surface area contributed by atoms with Crippen molar-refractivity contribution >= 4 is 17.3 Å². The largest absolute Gasteiger partial charge is 0.378 e. The summed E-state index contributed by atoms with van der Waals surface area (Å²) in [5, 5.41) is 3.19. The minimum Gasteiger partial charge on any atom is -0.378 e. The molecule has 2 aromatic carbocycles. The van der Waals surface area contributed by atoms with Crippen LogP contribution >= 0.6 is 0 Å². The summed E-state index contributed by atoms with van der Waals surface area (Å²) in [6, 6.07) is 14.9. The first-order chi connectivity index (χ1) is 13.0. The van der Waals surface area contributed by atoms with E-state index in [2.05, 4.69) is 73.5 Å². The fourth-order valence-electron chi connectivity index (χ4n) is 3.33. The summed E-state index contributed by atoms with van der Waals surface area (Å²) in [6.45, 7) is 8.64. The summed E-state index contributed by atoms with van der Waals surface area (Å²) >= 11 is 0. The summed E-state index contributed by atoms with van der Waals surface area (Å²) < 4.78 is 0. The third kappa shape index (κ3) is 5.83. The normalized spacial score (nSPS) is 11.9. The van der Waals surface area contributed by atoms with Gasteiger partial charge in [0.25, 0.3) is 5.91 Å². The number of para-hydroxylation sites is 1. The van der Waals surface area contributed by atoms with E-state index in [4.69, 9.17) is 0 Å². The molecule has 27 heavy (non-hydrogen) atoms. The molecule has 1 amide bonds. The van der Waals surface area contributed by atoms with E-state index in [0.29, 0.717) is 6.54 Å². The lowest BCUT2D eigenvalue weighted by Gasteiger charge is -2.20. The van der Waals surface area contributed by atoms with Crippen molar-refractivity contribution in [2.45, 2.75) is 40.2 Å². The maximum Gasteiger partial charge on any atom is 0.279 e. The van der Waals surface area contributed by atoms with Crippen molar-refractivity contribution in [3.63, 3.8) is 0 Å². The highest BCUT2D eigenvalue weighted by Crippen LogP contribution is 2.22. The van der Waals surface area contributed by atoms with Crippen LogP contribution in [0.1, 0.15) is 37.5 Å². The molecule has 0 aliphatic heterocycles. The average Bonchev–Trinajstić information content (AvgIpc) is 2.67. The van der Waals surface area contributed by atoms with Crippen molar-refractivity contribution in [1.82, 2.24) is 0 Å². The van der Waals surface area contributed by atoms with E-state index >= 15 is 0 Å². The van der Waals surface area contributed by atoms with E-state index in [1.54, 1.807) is 0 Å². The number of nitrogens with zero attached hydrogens (tertiary/aromatic N) is 1. The van der Waals surface area contributed by atoms with Crippen LogP contribution in [0.4, 0.5) is 11.4 Å². The molecule has 2 rings (SSSR count). The molecule has 0 aromatic heterocycles. The number of aryl methyl sites for hydroxylation is 2. The van der Waals surface area contributed by atoms with Crippen molar-refractivity contribution in [2.24, 2.45) is 0 Å². The van der Waals surface area contributed by atoms with E-state index in [-0.39, 0.29) is 5.91 Å². The molecule has 4 heteroatoms. The van der Waals surface area contributed by atoms with Crippen LogP contribution in [0, 0.1) is 0 Å². The van der Waals surface area contributed by atoms with Gasteiger partial charge in [-0.2, -0.15) is 0 Å². The van der Waals surface area contributed by atoms with Gasteiger partial charge in [-0.25, -0.2) is 0 Å². The Labute approximate surface area is 164 Å². The Morgan fingerprint density at radius 3 is 2.04 bits per heavy atom. The number of benzene rings is 2. The van der Waals surface area contributed by atoms with Gasteiger partial charge in [-0.05, 0) is 43.0 Å². The van der Waals surface area contributed by atoms with Crippen LogP contribution in [-0.4, -0.2) is 33.1 Å². The molecule has 0 spiro atoms. The minimum atomic E-state index is 0.0901. The smallest absolute Gasteiger partial charge is 0.279 e. The monoisotopic (exact) mass is 368 g/mol. The molecule has 2 aromatic rings. The summed E-state index contributed by atoms with van der Waals surface area (Å²) in [6.07, 6.45) is 1.85. The number of quaternary nitrogens is 1. The fourth-order valence-corrected chi connectivity index (χ4v) is 3.33. The number of carbonyl (C=O) groups is 1. The zero-order valence-corrected chi connectivity index (χ0v) is 17.4. The van der Waals surface area contributed by atoms with Crippen LogP contribution in [0.5, 0.6) is 0 Å². The molecule has 4 nitrogen and oxygen atoms in total. The molecule has 0 aliphatic rings. The van der Waals surface area contributed by atoms with Crippen molar-refractivity contribution in [3.8, 4) is 0 Å². The number of rotatable bonds is 9. The minimum absolute atomic E-state index is 0.0901. The Bertz CT molecular complexity index is 716. The number of hydrogen-bond acceptors (Lipinski definition) is 2. The number of amides is 1. The zero-order chi connectivity index (χ0) is 19.8. The van der Waals surface area contributed by atoms with Crippen LogP contribution in [0.15, 0.2) is 42.5 Å². The van der Waals surface area contributed by atoms with Crippen LogP contribution in [0.3, 0.4) is 0 Å². The maximum absolute atomic E-state index is 12.7. The zero-order valence-electron chi connectivity index (χ0n) is 17.4. The van der Waals surface area contributed by atoms with E-state index < -0.39 is 0 Å². The Hall–Kier alpha value is -2.33. The van der Waals surface area contributed by atoms with Gasteiger partial charge in [0, 0.05) is 31.0 Å². The summed E-state index contributed by atoms with van der Waals surface area (Å²) in [7, 11) is 4.09. The molecule has 0 aliphatic carbocycles. The highest BCUT2D eigenvalue weighted by Gasteiger charge is 2.16. The van der Waals surface area contributed by atoms with Crippen LogP contribution in [0.2, 0.25) is 0 Å². The Morgan fingerprint density at radius 2 is 1.56 bits per heavy atom. The third-order valence-electron chi connectivity index (χ3n) is 5.08. The van der Waals surface area contributed by atoms with Gasteiger partial charge in [0.2, 0.25) is 0 Å². The molecule has 0 saturated heterocycles. The maximum atomic E-state index is 12.7. The topological polar surface area (TPSA) is 36.8 Å². The fraction of sp³-hybridized carbons (Fsp3) is 0.435. The van der Waals surface area contributed by atoms with Gasteiger partial charge in [-0.3, -0.25) is 4.79 Å². The first-order valence-corrected chi connectivity index (χ1v) is 9.98. The second-order valence-electron chi connectivity index (χ2n) is 7.22. The van der Waals surface area contributed by atoms with Crippen LogP contribution in [0.25, 0.3) is 0 Å². The van der Waals surface area contributed by atoms with Crippen LogP contribution < -0.4 is 15.1 Å². The lowest BCUT2D eigenvalue weighted by Crippen LogP contribution is -3.11. The van der Waals surface area contributed by atoms with E-state index in [1.807, 2.05) is 14.1 Å². The lowest BCUT2D eigenvalue weighted by molar-refractivity contribution is -0.903. The van der Waals surface area contributed by atoms with E-state index in [1.165, 1.54) is 27.3 Å². The molecule has 2 N–H and O–H groups in total. The Morgan fingerprint density at radius 1 is 0.963 bits per heavy atom. The summed E-state index contributed by atoms with van der Waals surface area (Å²) in [5.41, 5.74) is 5.88. The molecular formula is C23H34N3O+. The van der Waals surface area contributed by atoms with Gasteiger partial charge in [-0.1, -0.05) is 44.2 Å². The molecule has 146 valence electrons. The second-order valence-corrected chi connectivity index (χ2v) is 7.22. The highest BCUT2D eigenvalue weighted by molar-refractivity contribution is 5.93. The standard InChI is InChI=1S/C23H33N3O/c1-6-19-10-9-11-20(7-2)23(19)24-22(27)17-26(8-3)16-18-12-14-21(15-13-18)25(4)5/h9-15H,6-8,16-17H2,1-5H3,(H,24,27)/p+1. The van der Waals surface area contributed by atoms with Gasteiger partial charge >= 0.3 is 0 Å². The number of anilines is 2.